The van der Waals surface area contributed by atoms with Crippen molar-refractivity contribution in [3.63, 3.8) is 0 Å². The van der Waals surface area contributed by atoms with Crippen LogP contribution in [-0.4, -0.2) is 22.0 Å². The molecule has 0 aromatic heterocycles. The molecule has 2 aromatic carbocycles. The third kappa shape index (κ3) is 2.17. The summed E-state index contributed by atoms with van der Waals surface area (Å²) >= 11 is 5.66. The van der Waals surface area contributed by atoms with E-state index < -0.39 is 0 Å². The molecular formula is C19H18N2OS. The van der Waals surface area contributed by atoms with E-state index in [1.807, 2.05) is 38.1 Å². The summed E-state index contributed by atoms with van der Waals surface area (Å²) in [4.78, 5) is 16.8. The van der Waals surface area contributed by atoms with Crippen LogP contribution in [0.25, 0.3) is 0 Å². The van der Waals surface area contributed by atoms with E-state index in [2.05, 4.69) is 23.1 Å². The van der Waals surface area contributed by atoms with Crippen molar-refractivity contribution in [3.05, 3.63) is 64.7 Å². The number of amides is 1. The number of fused-ring (bicyclic) bond motifs is 2. The lowest BCUT2D eigenvalue weighted by molar-refractivity contribution is -0.120. The zero-order valence-corrected chi connectivity index (χ0v) is 14.1. The Morgan fingerprint density at radius 3 is 2.61 bits per heavy atom. The highest BCUT2D eigenvalue weighted by molar-refractivity contribution is 7.80. The molecule has 0 radical (unpaired) electrons. The summed E-state index contributed by atoms with van der Waals surface area (Å²) in [6.45, 7) is 4.78. The van der Waals surface area contributed by atoms with E-state index in [1.54, 1.807) is 4.90 Å². The minimum absolute atomic E-state index is 0.0956. The van der Waals surface area contributed by atoms with Gasteiger partial charge in [-0.3, -0.25) is 9.69 Å². The van der Waals surface area contributed by atoms with Gasteiger partial charge in [0.25, 0.3) is 5.91 Å². The van der Waals surface area contributed by atoms with E-state index in [1.165, 1.54) is 11.1 Å². The van der Waals surface area contributed by atoms with Crippen LogP contribution in [0.2, 0.25) is 0 Å². The SMILES string of the molecule is Cc1ccc(C)c(N2C(=O)[C@@H]3Cc4ccccc4CN3C2=S)c1. The Morgan fingerprint density at radius 2 is 1.83 bits per heavy atom. The zero-order chi connectivity index (χ0) is 16.1. The van der Waals surface area contributed by atoms with Crippen LogP contribution in [0.15, 0.2) is 42.5 Å². The average Bonchev–Trinajstić information content (AvgIpc) is 2.79. The molecule has 4 rings (SSSR count). The van der Waals surface area contributed by atoms with E-state index in [4.69, 9.17) is 12.2 Å². The van der Waals surface area contributed by atoms with Crippen LogP contribution < -0.4 is 4.90 Å². The molecule has 2 aliphatic rings. The van der Waals surface area contributed by atoms with E-state index in [0.717, 1.165) is 23.2 Å². The van der Waals surface area contributed by atoms with Crippen LogP contribution in [0.1, 0.15) is 22.3 Å². The molecule has 116 valence electrons. The van der Waals surface area contributed by atoms with Gasteiger partial charge in [-0.25, -0.2) is 0 Å². The van der Waals surface area contributed by atoms with E-state index in [9.17, 15) is 4.79 Å². The number of aryl methyl sites for hydroxylation is 2. The van der Waals surface area contributed by atoms with E-state index >= 15 is 0 Å². The molecule has 23 heavy (non-hydrogen) atoms. The molecule has 0 saturated carbocycles. The first kappa shape index (κ1) is 14.4. The number of carbonyl (C=O) groups is 1. The molecule has 2 aromatic rings. The first-order valence-electron chi connectivity index (χ1n) is 7.85. The lowest BCUT2D eigenvalue weighted by atomic mass is 9.95. The van der Waals surface area contributed by atoms with E-state index in [0.29, 0.717) is 11.7 Å². The predicted octanol–water partition coefficient (Wildman–Crippen LogP) is 3.36. The molecule has 0 bridgehead atoms. The quantitative estimate of drug-likeness (QED) is 0.752. The molecule has 2 heterocycles. The second-order valence-electron chi connectivity index (χ2n) is 6.36. The van der Waals surface area contributed by atoms with Crippen LogP contribution in [0.4, 0.5) is 5.69 Å². The van der Waals surface area contributed by atoms with Gasteiger partial charge in [0.15, 0.2) is 5.11 Å². The molecule has 1 amide bonds. The first-order valence-corrected chi connectivity index (χ1v) is 8.25. The van der Waals surface area contributed by atoms with Crippen molar-refractivity contribution in [2.75, 3.05) is 4.90 Å². The summed E-state index contributed by atoms with van der Waals surface area (Å²) in [6.07, 6.45) is 0.733. The molecular weight excluding hydrogens is 304 g/mol. The lowest BCUT2D eigenvalue weighted by Gasteiger charge is -2.30. The first-order chi connectivity index (χ1) is 11.1. The third-order valence-corrected chi connectivity index (χ3v) is 5.21. The summed E-state index contributed by atoms with van der Waals surface area (Å²) in [7, 11) is 0. The van der Waals surface area contributed by atoms with Crippen molar-refractivity contribution in [2.24, 2.45) is 0 Å². The Labute approximate surface area is 141 Å². The minimum atomic E-state index is -0.169. The van der Waals surface area contributed by atoms with Gasteiger partial charge in [-0.05, 0) is 54.4 Å². The number of hydrogen-bond donors (Lipinski definition) is 0. The predicted molar refractivity (Wildman–Crippen MR) is 95.5 cm³/mol. The van der Waals surface area contributed by atoms with Gasteiger partial charge in [-0.2, -0.15) is 0 Å². The van der Waals surface area contributed by atoms with Crippen LogP contribution in [-0.2, 0) is 17.8 Å². The van der Waals surface area contributed by atoms with Crippen molar-refractivity contribution >= 4 is 28.9 Å². The summed E-state index contributed by atoms with van der Waals surface area (Å²) in [5.41, 5.74) is 5.64. The van der Waals surface area contributed by atoms with Crippen LogP contribution in [0.3, 0.4) is 0 Å². The fourth-order valence-corrected chi connectivity index (χ4v) is 3.88. The van der Waals surface area contributed by atoms with Gasteiger partial charge >= 0.3 is 0 Å². The summed E-state index contributed by atoms with van der Waals surface area (Å²) < 4.78 is 0. The monoisotopic (exact) mass is 322 g/mol. The van der Waals surface area contributed by atoms with Crippen molar-refractivity contribution < 1.29 is 4.79 Å². The highest BCUT2D eigenvalue weighted by Crippen LogP contribution is 2.34. The Bertz CT molecular complexity index is 787. The fourth-order valence-electron chi connectivity index (χ4n) is 3.50. The van der Waals surface area contributed by atoms with Crippen LogP contribution in [0, 0.1) is 13.8 Å². The summed E-state index contributed by atoms with van der Waals surface area (Å²) in [5, 5.41) is 0.628. The van der Waals surface area contributed by atoms with Crippen molar-refractivity contribution in [2.45, 2.75) is 32.9 Å². The molecule has 0 aliphatic carbocycles. The van der Waals surface area contributed by atoms with Gasteiger partial charge in [0, 0.05) is 13.0 Å². The number of nitrogens with zero attached hydrogens (tertiary/aromatic N) is 2. The molecule has 1 fully saturated rings. The average molecular weight is 322 g/mol. The van der Waals surface area contributed by atoms with E-state index in [-0.39, 0.29) is 11.9 Å². The smallest absolute Gasteiger partial charge is 0.256 e. The maximum Gasteiger partial charge on any atom is 0.256 e. The van der Waals surface area contributed by atoms with Gasteiger partial charge in [-0.1, -0.05) is 36.4 Å². The highest BCUT2D eigenvalue weighted by Gasteiger charge is 2.45. The molecule has 3 nitrogen and oxygen atoms in total. The van der Waals surface area contributed by atoms with Crippen LogP contribution >= 0.6 is 12.2 Å². The fraction of sp³-hybridized carbons (Fsp3) is 0.263. The summed E-state index contributed by atoms with van der Waals surface area (Å²) in [6, 6.07) is 14.3. The zero-order valence-electron chi connectivity index (χ0n) is 13.2. The number of rotatable bonds is 1. The maximum atomic E-state index is 13.0. The molecule has 1 saturated heterocycles. The normalized spacial score (nSPS) is 19.8. The Hall–Kier alpha value is -2.20. The van der Waals surface area contributed by atoms with Crippen LogP contribution in [0.5, 0.6) is 0 Å². The standard InChI is InChI=1S/C19H18N2OS/c1-12-7-8-13(2)16(9-12)21-18(22)17-10-14-5-3-4-6-15(14)11-20(17)19(21)23/h3-9,17H,10-11H2,1-2H3/t17-/m0/s1. The largest absolute Gasteiger partial charge is 0.332 e. The number of hydrogen-bond acceptors (Lipinski definition) is 2. The number of thiocarbonyl (C=S) groups is 1. The molecule has 2 aliphatic heterocycles. The maximum absolute atomic E-state index is 13.0. The minimum Gasteiger partial charge on any atom is -0.332 e. The van der Waals surface area contributed by atoms with Gasteiger partial charge < -0.3 is 4.90 Å². The highest BCUT2D eigenvalue weighted by atomic mass is 32.1. The van der Waals surface area contributed by atoms with Gasteiger partial charge in [0.05, 0.1) is 5.69 Å². The number of carbonyl (C=O) groups excluding carboxylic acids is 1. The second-order valence-corrected chi connectivity index (χ2v) is 6.73. The Kier molecular flexibility index (Phi) is 3.23. The number of benzene rings is 2. The molecule has 0 spiro atoms. The van der Waals surface area contributed by atoms with Crippen molar-refractivity contribution in [3.8, 4) is 0 Å². The van der Waals surface area contributed by atoms with Crippen molar-refractivity contribution in [1.29, 1.82) is 0 Å². The van der Waals surface area contributed by atoms with Gasteiger partial charge in [0.1, 0.15) is 6.04 Å². The van der Waals surface area contributed by atoms with Gasteiger partial charge in [0.2, 0.25) is 0 Å². The Morgan fingerprint density at radius 1 is 1.09 bits per heavy atom. The number of anilines is 1. The second kappa shape index (κ2) is 5.17. The van der Waals surface area contributed by atoms with Gasteiger partial charge in [-0.15, -0.1) is 0 Å². The third-order valence-electron chi connectivity index (χ3n) is 4.80. The topological polar surface area (TPSA) is 23.6 Å². The molecule has 4 heteroatoms. The molecule has 1 atom stereocenters. The molecule has 0 N–H and O–H groups in total. The Balaban J connectivity index is 1.75. The van der Waals surface area contributed by atoms with Crippen molar-refractivity contribution in [1.82, 2.24) is 4.90 Å². The summed E-state index contributed by atoms with van der Waals surface area (Å²) in [5.74, 6) is 0.0956. The molecule has 0 unspecified atom stereocenters. The lowest BCUT2D eigenvalue weighted by Crippen LogP contribution is -2.39.